The van der Waals surface area contributed by atoms with Crippen LogP contribution in [0.4, 0.5) is 28.8 Å². The third kappa shape index (κ3) is 32.3. The number of aliphatic imine (C=N–C) groups is 1. The first-order chi connectivity index (χ1) is 47.3. The number of hydrogen-bond acceptors (Lipinski definition) is 26. The van der Waals surface area contributed by atoms with Crippen molar-refractivity contribution in [2.45, 2.75) is 287 Å². The third-order valence-electron chi connectivity index (χ3n) is 13.2. The lowest BCUT2D eigenvalue weighted by molar-refractivity contribution is -0.201. The summed E-state index contributed by atoms with van der Waals surface area (Å²) in [6, 6.07) is -3.44. The minimum Gasteiger partial charge on any atom is -0.480 e. The molecule has 0 unspecified atom stereocenters. The van der Waals surface area contributed by atoms with Gasteiger partial charge in [0.15, 0.2) is 5.54 Å². The van der Waals surface area contributed by atoms with E-state index in [0.29, 0.717) is 10.8 Å². The van der Waals surface area contributed by atoms with Gasteiger partial charge in [-0.3, -0.25) is 19.2 Å². The zero-order chi connectivity index (χ0) is 79.7. The second-order valence-electron chi connectivity index (χ2n) is 31.6. The van der Waals surface area contributed by atoms with Crippen molar-refractivity contribution in [2.24, 2.45) is 4.99 Å². The summed E-state index contributed by atoms with van der Waals surface area (Å²) < 4.78 is 45.5. The topological polar surface area (TPSA) is 454 Å². The SMILES string of the molecule is C.C1CCOC1.CC(C)(C)OC(=O)N[C@@H](Cc1cncn1C(=O)OC(C)(C)C)C(=O)NC(C)(C)C(=O)O.CC(C)(C)OC(=O)N[C@@H](Cc1cncn1C(=O)OC(C)(C)C)C(=O)NC(C)(C)C(=O)ON1C(=O)CCC1=O.CC(C)(C)OC(=O)N[C@@H](Cc1cncn1C(=O)OC(C)(C)C)C1=NC(C)(C)C(=O)O1. The Morgan fingerprint density at radius 3 is 1.11 bits per heavy atom. The molecule has 0 spiro atoms. The van der Waals surface area contributed by atoms with E-state index >= 15 is 0 Å². The number of imide groups is 1. The Morgan fingerprint density at radius 1 is 0.495 bits per heavy atom. The van der Waals surface area contributed by atoms with Crippen LogP contribution in [-0.2, 0) is 95.6 Å². The number of ether oxygens (including phenoxy) is 8. The number of alkyl carbamates (subject to hydrolysis) is 3. The van der Waals surface area contributed by atoms with Crippen molar-refractivity contribution in [3.63, 3.8) is 0 Å². The number of nitrogens with one attached hydrogen (secondary N) is 5. The summed E-state index contributed by atoms with van der Waals surface area (Å²) in [6.07, 6.45) is 5.37. The quantitative estimate of drug-likeness (QED) is 0.0424. The van der Waals surface area contributed by atoms with Crippen molar-refractivity contribution in [1.82, 2.24) is 60.3 Å². The molecule has 0 radical (unpaired) electrons. The summed E-state index contributed by atoms with van der Waals surface area (Å²) in [5.74, 6) is -5.79. The summed E-state index contributed by atoms with van der Waals surface area (Å²) in [4.78, 5) is 182. The van der Waals surface area contributed by atoms with Gasteiger partial charge in [-0.15, -0.1) is 5.06 Å². The fourth-order valence-corrected chi connectivity index (χ4v) is 8.42. The number of cyclic esters (lactones) is 1. The predicted molar refractivity (Wildman–Crippen MR) is 376 cm³/mol. The van der Waals surface area contributed by atoms with Crippen molar-refractivity contribution in [1.29, 1.82) is 0 Å². The van der Waals surface area contributed by atoms with E-state index in [1.165, 1.54) is 82.7 Å². The van der Waals surface area contributed by atoms with Gasteiger partial charge in [0.2, 0.25) is 17.7 Å². The molecule has 3 aliphatic rings. The maximum atomic E-state index is 13.3. The molecule has 3 aliphatic heterocycles. The van der Waals surface area contributed by atoms with Gasteiger partial charge in [-0.2, -0.15) is 0 Å². The van der Waals surface area contributed by atoms with E-state index in [1.54, 1.807) is 138 Å². The Hall–Kier alpha value is -10.0. The van der Waals surface area contributed by atoms with E-state index in [1.807, 2.05) is 0 Å². The van der Waals surface area contributed by atoms with Gasteiger partial charge in [0.25, 0.3) is 11.8 Å². The zero-order valence-electron chi connectivity index (χ0n) is 64.1. The predicted octanol–water partition coefficient (Wildman–Crippen LogP) is 7.95. The van der Waals surface area contributed by atoms with Crippen LogP contribution < -0.4 is 26.6 Å². The average molecular weight is 1490 g/mol. The van der Waals surface area contributed by atoms with Crippen LogP contribution in [0, 0.1) is 0 Å². The fourth-order valence-electron chi connectivity index (χ4n) is 8.42. The summed E-state index contributed by atoms with van der Waals surface area (Å²) in [6.45, 7) is 41.0. The molecule has 6 heterocycles. The molecule has 588 valence electrons. The number of aromatic nitrogens is 6. The van der Waals surface area contributed by atoms with Crippen LogP contribution in [0.15, 0.2) is 42.6 Å². The standard InChI is InChI=1S/C24H35N5O9.C20H32N4O7.C20H30N4O6.C4H8O.CH4/c1-22(2,3)36-20(34)26-15(11-14-12-25-13-28(14)21(35)37-23(4,5)6)18(32)27-24(7,8)19(33)38-29-16(30)9-10-17(29)31;1-18(2,3)30-16(28)22-13(14(25)23-20(7,8)15(26)27)9-12-10-21-11-24(12)17(29)31-19(4,5)6;1-18(2,3)29-16(26)22-13(14-23-20(7,8)15(25)28-14)9-12-10-21-11-24(12)17(27)30-19(4,5)6;1-2-4-5-3-1;/h12-13,15H,9-11H2,1-8H3,(H,26,34)(H,27,32);10-11,13H,9H2,1-8H3,(H,22,28)(H,23,25)(H,26,27);10-11,13H,9H2,1-8H3,(H,22,26);1-4H2;1H4/t15-;2*13-;;/m000../s1. The van der Waals surface area contributed by atoms with E-state index in [4.69, 9.17) is 42.7 Å². The van der Waals surface area contributed by atoms with Gasteiger partial charge in [-0.25, -0.2) is 76.8 Å². The lowest BCUT2D eigenvalue weighted by Gasteiger charge is -2.29. The highest BCUT2D eigenvalue weighted by molar-refractivity contribution is 6.03. The monoisotopic (exact) mass is 1490 g/mol. The molecule has 6 rings (SSSR count). The maximum Gasteiger partial charge on any atom is 0.420 e. The molecule has 6 N–H and O–H groups in total. The van der Waals surface area contributed by atoms with Crippen LogP contribution in [0.3, 0.4) is 0 Å². The molecule has 0 saturated carbocycles. The number of hydroxylamine groups is 2. The molecule has 3 atom stereocenters. The molecule has 36 nitrogen and oxygen atoms in total. The number of carboxylic acid groups (broad SMARTS) is 1. The number of carbonyl (C=O) groups excluding carboxylic acids is 12. The van der Waals surface area contributed by atoms with Gasteiger partial charge >= 0.3 is 54.5 Å². The second-order valence-corrected chi connectivity index (χ2v) is 31.6. The van der Waals surface area contributed by atoms with Crippen LogP contribution >= 0.6 is 0 Å². The molecule has 0 aromatic carbocycles. The normalized spacial score (nSPS) is 15.4. The van der Waals surface area contributed by atoms with E-state index < -0.39 is 146 Å². The van der Waals surface area contributed by atoms with Crippen LogP contribution in [0.2, 0.25) is 0 Å². The first-order valence-corrected chi connectivity index (χ1v) is 33.3. The number of carboxylic acids is 1. The van der Waals surface area contributed by atoms with Crippen LogP contribution in [0.25, 0.3) is 0 Å². The van der Waals surface area contributed by atoms with Crippen LogP contribution in [-0.4, -0.2) is 204 Å². The highest BCUT2D eigenvalue weighted by atomic mass is 16.7. The molecule has 36 heteroatoms. The molecule has 3 aromatic heterocycles. The second kappa shape index (κ2) is 36.6. The van der Waals surface area contributed by atoms with Crippen molar-refractivity contribution < 1.29 is 110 Å². The molecule has 105 heavy (non-hydrogen) atoms. The molecular weight excluding hydrogens is 1380 g/mol. The van der Waals surface area contributed by atoms with Gasteiger partial charge < -0.3 is 74.4 Å². The van der Waals surface area contributed by atoms with Gasteiger partial charge in [0.1, 0.15) is 81.8 Å². The Balaban J connectivity index is 0.000000517. The molecule has 2 fully saturated rings. The minimum absolute atomic E-state index is 0. The van der Waals surface area contributed by atoms with Gasteiger partial charge in [0, 0.05) is 63.9 Å². The maximum absolute atomic E-state index is 13.3. The highest BCUT2D eigenvalue weighted by Crippen LogP contribution is 2.24. The summed E-state index contributed by atoms with van der Waals surface area (Å²) >= 11 is 0. The van der Waals surface area contributed by atoms with Crippen LogP contribution in [0.1, 0.15) is 216 Å². The Bertz CT molecular complexity index is 3590. The van der Waals surface area contributed by atoms with Crippen molar-refractivity contribution >= 4 is 84.0 Å². The highest BCUT2D eigenvalue weighted by Gasteiger charge is 2.43. The molecule has 0 bridgehead atoms. The number of esters is 1. The zero-order valence-corrected chi connectivity index (χ0v) is 64.1. The van der Waals surface area contributed by atoms with Gasteiger partial charge in [0.05, 0.1) is 17.1 Å². The molecule has 2 saturated heterocycles. The molecule has 7 amide bonds. The van der Waals surface area contributed by atoms with Gasteiger partial charge in [-0.1, -0.05) is 7.43 Å². The summed E-state index contributed by atoms with van der Waals surface area (Å²) in [5, 5.41) is 22.0. The van der Waals surface area contributed by atoms with Crippen LogP contribution in [0.5, 0.6) is 0 Å². The first-order valence-electron chi connectivity index (χ1n) is 33.3. The van der Waals surface area contributed by atoms with E-state index in [-0.39, 0.29) is 56.8 Å². The number of hydrogen-bond donors (Lipinski definition) is 6. The lowest BCUT2D eigenvalue weighted by atomic mass is 10.0. The van der Waals surface area contributed by atoms with Crippen molar-refractivity contribution in [3.8, 4) is 0 Å². The number of carbonyl (C=O) groups is 13. The Morgan fingerprint density at radius 2 is 0.819 bits per heavy atom. The minimum atomic E-state index is -1.72. The number of imidazole rings is 3. The Kier molecular flexibility index (Phi) is 31.7. The first kappa shape index (κ1) is 91.1. The van der Waals surface area contributed by atoms with E-state index in [9.17, 15) is 67.4 Å². The number of amides is 7. The Labute approximate surface area is 612 Å². The fraction of sp³-hybridized carbons (Fsp3) is 0.667. The van der Waals surface area contributed by atoms with E-state index in [2.05, 4.69) is 46.5 Å². The third-order valence-corrected chi connectivity index (χ3v) is 13.2. The number of rotatable bonds is 17. The van der Waals surface area contributed by atoms with E-state index in [0.717, 1.165) is 22.3 Å². The largest absolute Gasteiger partial charge is 0.480 e. The lowest BCUT2D eigenvalue weighted by Crippen LogP contribution is -2.58. The van der Waals surface area contributed by atoms with Crippen molar-refractivity contribution in [3.05, 3.63) is 54.7 Å². The molecule has 0 aliphatic carbocycles. The molecular formula is C69H109N13O23. The van der Waals surface area contributed by atoms with Gasteiger partial charge in [-0.05, 0) is 179 Å². The smallest absolute Gasteiger partial charge is 0.420 e. The molecule has 3 aromatic rings. The summed E-state index contributed by atoms with van der Waals surface area (Å²) in [7, 11) is 0. The van der Waals surface area contributed by atoms with Crippen molar-refractivity contribution in [2.75, 3.05) is 13.2 Å². The number of nitrogens with zero attached hydrogens (tertiary/aromatic N) is 8. The number of aliphatic carboxylic acids is 1. The summed E-state index contributed by atoms with van der Waals surface area (Å²) in [5.41, 5.74) is -8.10. The average Bonchev–Trinajstić information content (AvgIpc) is 1.70.